The predicted molar refractivity (Wildman–Crippen MR) is 116 cm³/mol. The van der Waals surface area contributed by atoms with Gasteiger partial charge >= 0.3 is 0 Å². The van der Waals surface area contributed by atoms with Gasteiger partial charge in [-0.25, -0.2) is 4.98 Å². The van der Waals surface area contributed by atoms with Crippen LogP contribution in [0, 0.1) is 0 Å². The molecule has 0 spiro atoms. The molecule has 1 amide bonds. The molecule has 6 nitrogen and oxygen atoms in total. The molecule has 2 aromatic carbocycles. The number of thioether (sulfide) groups is 1. The molecule has 0 saturated carbocycles. The van der Waals surface area contributed by atoms with Gasteiger partial charge in [0.1, 0.15) is 17.3 Å². The standard InChI is InChI=1S/C20H17N3O3S2/c1-22-14-7-5-4-6-13(14)21-18(22)11-17-19(24)23(20(27)28-17)15-9-8-12(25-2)10-16(15)26-3/h4-11H,1-3H3/b17-11+. The van der Waals surface area contributed by atoms with E-state index in [1.54, 1.807) is 38.5 Å². The fourth-order valence-corrected chi connectivity index (χ4v) is 4.31. The number of benzene rings is 2. The summed E-state index contributed by atoms with van der Waals surface area (Å²) >= 11 is 6.72. The van der Waals surface area contributed by atoms with Crippen LogP contribution in [0.1, 0.15) is 5.82 Å². The Hall–Kier alpha value is -2.84. The van der Waals surface area contributed by atoms with Crippen LogP contribution in [0.25, 0.3) is 17.1 Å². The zero-order chi connectivity index (χ0) is 19.8. The maximum atomic E-state index is 13.1. The van der Waals surface area contributed by atoms with Crippen molar-refractivity contribution in [1.29, 1.82) is 0 Å². The number of rotatable bonds is 4. The normalized spacial score (nSPS) is 15.7. The molecule has 0 bridgehead atoms. The Balaban J connectivity index is 1.73. The van der Waals surface area contributed by atoms with Gasteiger partial charge in [-0.05, 0) is 24.3 Å². The minimum Gasteiger partial charge on any atom is -0.497 e. The van der Waals surface area contributed by atoms with Crippen molar-refractivity contribution in [3.05, 3.63) is 53.2 Å². The third-order valence-electron chi connectivity index (χ3n) is 4.50. The second kappa shape index (κ2) is 7.29. The number of carbonyl (C=O) groups is 1. The number of para-hydroxylation sites is 2. The number of amides is 1. The molecule has 1 aliphatic heterocycles. The summed E-state index contributed by atoms with van der Waals surface area (Å²) in [6, 6.07) is 13.1. The van der Waals surface area contributed by atoms with Crippen molar-refractivity contribution in [2.45, 2.75) is 0 Å². The molecule has 3 aromatic rings. The second-order valence-corrected chi connectivity index (χ2v) is 7.75. The summed E-state index contributed by atoms with van der Waals surface area (Å²) in [6.07, 6.45) is 1.77. The first-order valence-corrected chi connectivity index (χ1v) is 9.67. The lowest BCUT2D eigenvalue weighted by atomic mass is 10.2. The minimum atomic E-state index is -0.203. The fraction of sp³-hybridized carbons (Fsp3) is 0.150. The third-order valence-corrected chi connectivity index (χ3v) is 5.81. The molecule has 1 saturated heterocycles. The van der Waals surface area contributed by atoms with E-state index in [-0.39, 0.29) is 5.91 Å². The molecule has 0 radical (unpaired) electrons. The van der Waals surface area contributed by atoms with Crippen LogP contribution in [-0.4, -0.2) is 34.0 Å². The highest BCUT2D eigenvalue weighted by atomic mass is 32.2. The molecular weight excluding hydrogens is 394 g/mol. The lowest BCUT2D eigenvalue weighted by Gasteiger charge is -2.18. The van der Waals surface area contributed by atoms with E-state index >= 15 is 0 Å². The van der Waals surface area contributed by atoms with Crippen LogP contribution in [0.3, 0.4) is 0 Å². The van der Waals surface area contributed by atoms with Crippen LogP contribution >= 0.6 is 24.0 Å². The number of aromatic nitrogens is 2. The molecule has 4 rings (SSSR count). The Bertz CT molecular complexity index is 1140. The van der Waals surface area contributed by atoms with E-state index in [4.69, 9.17) is 21.7 Å². The van der Waals surface area contributed by atoms with E-state index in [0.717, 1.165) is 11.0 Å². The van der Waals surface area contributed by atoms with Gasteiger partial charge in [0.2, 0.25) is 0 Å². The number of hydrogen-bond donors (Lipinski definition) is 0. The first-order chi connectivity index (χ1) is 13.5. The average Bonchev–Trinajstić information content (AvgIpc) is 3.17. The van der Waals surface area contributed by atoms with Crippen molar-refractivity contribution >= 4 is 57.0 Å². The van der Waals surface area contributed by atoms with Gasteiger partial charge in [-0.2, -0.15) is 0 Å². The first-order valence-electron chi connectivity index (χ1n) is 8.45. The molecule has 142 valence electrons. The van der Waals surface area contributed by atoms with Crippen molar-refractivity contribution in [3.63, 3.8) is 0 Å². The number of thiocarbonyl (C=S) groups is 1. The molecule has 8 heteroatoms. The summed E-state index contributed by atoms with van der Waals surface area (Å²) in [5, 5.41) is 0. The van der Waals surface area contributed by atoms with Crippen LogP contribution in [0.5, 0.6) is 11.5 Å². The highest BCUT2D eigenvalue weighted by Gasteiger charge is 2.35. The topological polar surface area (TPSA) is 56.6 Å². The summed E-state index contributed by atoms with van der Waals surface area (Å²) in [5.41, 5.74) is 2.46. The number of methoxy groups -OCH3 is 2. The smallest absolute Gasteiger partial charge is 0.271 e. The van der Waals surface area contributed by atoms with Gasteiger partial charge in [-0.3, -0.25) is 9.69 Å². The highest BCUT2D eigenvalue weighted by molar-refractivity contribution is 8.27. The van der Waals surface area contributed by atoms with E-state index < -0.39 is 0 Å². The van der Waals surface area contributed by atoms with E-state index in [1.165, 1.54) is 16.7 Å². The van der Waals surface area contributed by atoms with Gasteiger partial charge in [-0.15, -0.1) is 0 Å². The zero-order valence-electron chi connectivity index (χ0n) is 15.5. The fourth-order valence-electron chi connectivity index (χ4n) is 3.06. The van der Waals surface area contributed by atoms with Crippen molar-refractivity contribution in [1.82, 2.24) is 9.55 Å². The lowest BCUT2D eigenvalue weighted by molar-refractivity contribution is -0.113. The van der Waals surface area contributed by atoms with Gasteiger partial charge in [0.25, 0.3) is 5.91 Å². The van der Waals surface area contributed by atoms with E-state index in [0.29, 0.717) is 32.2 Å². The Morgan fingerprint density at radius 3 is 2.64 bits per heavy atom. The van der Waals surface area contributed by atoms with Crippen LogP contribution in [0.2, 0.25) is 0 Å². The SMILES string of the molecule is COc1ccc(N2C(=O)/C(=C\c3nc4ccccc4n3C)SC2=S)c(OC)c1. The quantitative estimate of drug-likeness (QED) is 0.478. The van der Waals surface area contributed by atoms with Gasteiger partial charge < -0.3 is 14.0 Å². The number of imidazole rings is 1. The summed E-state index contributed by atoms with van der Waals surface area (Å²) in [7, 11) is 5.05. The molecule has 0 N–H and O–H groups in total. The molecule has 1 aliphatic rings. The van der Waals surface area contributed by atoms with Gasteiger partial charge in [0, 0.05) is 19.2 Å². The van der Waals surface area contributed by atoms with Crippen LogP contribution in [-0.2, 0) is 11.8 Å². The third kappa shape index (κ3) is 3.04. The average molecular weight is 412 g/mol. The second-order valence-electron chi connectivity index (χ2n) is 6.07. The Labute approximate surface area is 171 Å². The van der Waals surface area contributed by atoms with Gasteiger partial charge in [0.15, 0.2) is 4.32 Å². The van der Waals surface area contributed by atoms with E-state index in [2.05, 4.69) is 4.98 Å². The molecule has 28 heavy (non-hydrogen) atoms. The minimum absolute atomic E-state index is 0.203. The van der Waals surface area contributed by atoms with Crippen LogP contribution in [0.4, 0.5) is 5.69 Å². The number of anilines is 1. The molecule has 1 aromatic heterocycles. The Kier molecular flexibility index (Phi) is 4.82. The van der Waals surface area contributed by atoms with Crippen molar-refractivity contribution in [3.8, 4) is 11.5 Å². The van der Waals surface area contributed by atoms with Gasteiger partial charge in [-0.1, -0.05) is 36.1 Å². The predicted octanol–water partition coefficient (Wildman–Crippen LogP) is 4.00. The van der Waals surface area contributed by atoms with E-state index in [9.17, 15) is 4.79 Å². The highest BCUT2D eigenvalue weighted by Crippen LogP contribution is 2.41. The molecule has 1 fully saturated rings. The summed E-state index contributed by atoms with van der Waals surface area (Å²) in [4.78, 5) is 19.7. The largest absolute Gasteiger partial charge is 0.497 e. The number of fused-ring (bicyclic) bond motifs is 1. The molecular formula is C20H17N3O3S2. The molecule has 2 heterocycles. The van der Waals surface area contributed by atoms with Crippen molar-refractivity contribution in [2.24, 2.45) is 7.05 Å². The lowest BCUT2D eigenvalue weighted by Crippen LogP contribution is -2.28. The number of ether oxygens (including phenoxy) is 2. The van der Waals surface area contributed by atoms with E-state index in [1.807, 2.05) is 35.9 Å². The molecule has 0 atom stereocenters. The van der Waals surface area contributed by atoms with Crippen molar-refractivity contribution in [2.75, 3.05) is 19.1 Å². The first kappa shape index (κ1) is 18.5. The van der Waals surface area contributed by atoms with Crippen LogP contribution < -0.4 is 14.4 Å². The number of nitrogens with zero attached hydrogens (tertiary/aromatic N) is 3. The van der Waals surface area contributed by atoms with Crippen LogP contribution in [0.15, 0.2) is 47.4 Å². The van der Waals surface area contributed by atoms with Crippen molar-refractivity contribution < 1.29 is 14.3 Å². The zero-order valence-corrected chi connectivity index (χ0v) is 17.1. The summed E-state index contributed by atoms with van der Waals surface area (Å²) < 4.78 is 13.1. The Morgan fingerprint density at radius 2 is 1.93 bits per heavy atom. The number of hydrogen-bond acceptors (Lipinski definition) is 6. The number of carbonyl (C=O) groups excluding carboxylic acids is 1. The maximum absolute atomic E-state index is 13.1. The molecule has 0 aliphatic carbocycles. The van der Waals surface area contributed by atoms with Gasteiger partial charge in [0.05, 0.1) is 35.8 Å². The number of aryl methyl sites for hydroxylation is 1. The summed E-state index contributed by atoms with van der Waals surface area (Å²) in [5.74, 6) is 1.65. The Morgan fingerprint density at radius 1 is 1.14 bits per heavy atom. The molecule has 0 unspecified atom stereocenters. The summed E-state index contributed by atoms with van der Waals surface area (Å²) in [6.45, 7) is 0. The monoisotopic (exact) mass is 411 g/mol. The maximum Gasteiger partial charge on any atom is 0.271 e.